The highest BCUT2D eigenvalue weighted by Gasteiger charge is 2.17. The van der Waals surface area contributed by atoms with Gasteiger partial charge < -0.3 is 15.7 Å². The number of carbonyl (C=O) groups excluding carboxylic acids is 1. The molecule has 0 saturated heterocycles. The van der Waals surface area contributed by atoms with Crippen LogP contribution in [0.25, 0.3) is 0 Å². The Morgan fingerprint density at radius 3 is 2.62 bits per heavy atom. The molecule has 0 aromatic carbocycles. The predicted octanol–water partition coefficient (Wildman–Crippen LogP) is 1.30. The van der Waals surface area contributed by atoms with Crippen molar-refractivity contribution in [2.45, 2.75) is 39.7 Å². The molecule has 0 spiro atoms. The van der Waals surface area contributed by atoms with E-state index < -0.39 is 5.97 Å². The van der Waals surface area contributed by atoms with E-state index in [0.29, 0.717) is 18.3 Å². The maximum absolute atomic E-state index is 11.8. The first-order valence-electron chi connectivity index (χ1n) is 6.99. The van der Waals surface area contributed by atoms with Crippen molar-refractivity contribution in [3.8, 4) is 0 Å². The maximum atomic E-state index is 11.8. The fourth-order valence-electron chi connectivity index (χ4n) is 2.13. The summed E-state index contributed by atoms with van der Waals surface area (Å²) in [7, 11) is 0. The molecule has 1 unspecified atom stereocenters. The predicted molar refractivity (Wildman–Crippen MR) is 76.5 cm³/mol. The molecule has 0 aliphatic heterocycles. The van der Waals surface area contributed by atoms with Gasteiger partial charge in [-0.3, -0.25) is 9.89 Å². The number of hydrogen-bond donors (Lipinski definition) is 4. The molecule has 1 heterocycles. The van der Waals surface area contributed by atoms with Crippen molar-refractivity contribution in [3.63, 3.8) is 0 Å². The molecule has 4 N–H and O–H groups in total. The molecule has 8 nitrogen and oxygen atoms in total. The van der Waals surface area contributed by atoms with Gasteiger partial charge in [-0.15, -0.1) is 0 Å². The Balaban J connectivity index is 2.40. The Labute approximate surface area is 123 Å². The van der Waals surface area contributed by atoms with Gasteiger partial charge in [-0.1, -0.05) is 13.8 Å². The smallest absolute Gasteiger partial charge is 0.315 e. The molecule has 21 heavy (non-hydrogen) atoms. The van der Waals surface area contributed by atoms with E-state index in [1.807, 2.05) is 13.8 Å². The van der Waals surface area contributed by atoms with Crippen LogP contribution in [0.2, 0.25) is 0 Å². The summed E-state index contributed by atoms with van der Waals surface area (Å²) < 4.78 is 0. The number of nitrogens with zero attached hydrogens (tertiary/aromatic N) is 2. The second-order valence-electron chi connectivity index (χ2n) is 5.54. The van der Waals surface area contributed by atoms with E-state index in [0.717, 1.165) is 6.42 Å². The Kier molecular flexibility index (Phi) is 6.64. The van der Waals surface area contributed by atoms with E-state index in [-0.39, 0.29) is 24.4 Å². The Morgan fingerprint density at radius 1 is 1.38 bits per heavy atom. The maximum Gasteiger partial charge on any atom is 0.315 e. The molecule has 1 aromatic heterocycles. The average Bonchev–Trinajstić information content (AvgIpc) is 2.88. The van der Waals surface area contributed by atoms with Crippen molar-refractivity contribution in [2.24, 2.45) is 11.8 Å². The lowest BCUT2D eigenvalue weighted by Gasteiger charge is -2.19. The first-order chi connectivity index (χ1) is 9.88. The van der Waals surface area contributed by atoms with E-state index in [9.17, 15) is 9.59 Å². The molecule has 1 rings (SSSR count). The largest absolute Gasteiger partial charge is 0.481 e. The second kappa shape index (κ2) is 8.23. The number of hydrogen-bond acceptors (Lipinski definition) is 4. The minimum atomic E-state index is -0.849. The number of carbonyl (C=O) groups is 2. The zero-order valence-electron chi connectivity index (χ0n) is 12.6. The molecule has 0 fully saturated rings. The van der Waals surface area contributed by atoms with Crippen LogP contribution in [-0.4, -0.2) is 38.8 Å². The average molecular weight is 297 g/mol. The number of aromatic amines is 1. The summed E-state index contributed by atoms with van der Waals surface area (Å²) in [5.41, 5.74) is 0. The van der Waals surface area contributed by atoms with Gasteiger partial charge >= 0.3 is 12.0 Å². The minimum Gasteiger partial charge on any atom is -0.481 e. The van der Waals surface area contributed by atoms with Gasteiger partial charge in [-0.2, -0.15) is 5.10 Å². The van der Waals surface area contributed by atoms with Gasteiger partial charge in [0, 0.05) is 13.0 Å². The van der Waals surface area contributed by atoms with E-state index in [2.05, 4.69) is 25.8 Å². The summed E-state index contributed by atoms with van der Waals surface area (Å²) in [5, 5.41) is 20.7. The third-order valence-corrected chi connectivity index (χ3v) is 3.01. The number of urea groups is 1. The highest BCUT2D eigenvalue weighted by molar-refractivity contribution is 5.74. The first kappa shape index (κ1) is 16.9. The SMILES string of the molecule is CC(C)C[C@H](CNC(=O)NC(C)c1ncn[nH]1)CC(=O)O. The van der Waals surface area contributed by atoms with Crippen LogP contribution in [0.5, 0.6) is 0 Å². The second-order valence-corrected chi connectivity index (χ2v) is 5.54. The fourth-order valence-corrected chi connectivity index (χ4v) is 2.13. The number of carboxylic acids is 1. The minimum absolute atomic E-state index is 0.0517. The molecular weight excluding hydrogens is 274 g/mol. The summed E-state index contributed by atoms with van der Waals surface area (Å²) in [5.74, 6) is 0.0217. The summed E-state index contributed by atoms with van der Waals surface area (Å²) in [6, 6.07) is -0.645. The van der Waals surface area contributed by atoms with Gasteiger partial charge in [0.15, 0.2) is 0 Å². The van der Waals surface area contributed by atoms with Crippen LogP contribution in [0.3, 0.4) is 0 Å². The lowest BCUT2D eigenvalue weighted by atomic mass is 9.94. The normalized spacial score (nSPS) is 13.7. The number of amides is 2. The molecule has 2 atom stereocenters. The van der Waals surface area contributed by atoms with Gasteiger partial charge in [0.25, 0.3) is 0 Å². The van der Waals surface area contributed by atoms with E-state index >= 15 is 0 Å². The molecule has 0 aliphatic rings. The zero-order valence-corrected chi connectivity index (χ0v) is 12.6. The fraction of sp³-hybridized carbons (Fsp3) is 0.692. The topological polar surface area (TPSA) is 120 Å². The molecule has 8 heteroatoms. The summed E-state index contributed by atoms with van der Waals surface area (Å²) >= 11 is 0. The number of aromatic nitrogens is 3. The number of aliphatic carboxylic acids is 1. The van der Waals surface area contributed by atoms with Crippen LogP contribution in [0.15, 0.2) is 6.33 Å². The van der Waals surface area contributed by atoms with Gasteiger partial charge in [0.05, 0.1) is 6.04 Å². The third-order valence-electron chi connectivity index (χ3n) is 3.01. The van der Waals surface area contributed by atoms with Crippen LogP contribution in [0.4, 0.5) is 4.79 Å². The standard InChI is InChI=1S/C13H23N5O3/c1-8(2)4-10(5-11(19)20)6-14-13(21)17-9(3)12-15-7-16-18-12/h7-10H,4-6H2,1-3H3,(H,19,20)(H2,14,17,21)(H,15,16,18)/t9?,10-/m0/s1. The highest BCUT2D eigenvalue weighted by Crippen LogP contribution is 2.14. The monoisotopic (exact) mass is 297 g/mol. The molecule has 0 aliphatic carbocycles. The van der Waals surface area contributed by atoms with Gasteiger partial charge in [-0.25, -0.2) is 9.78 Å². The number of H-pyrrole nitrogens is 1. The lowest BCUT2D eigenvalue weighted by Crippen LogP contribution is -2.40. The van der Waals surface area contributed by atoms with Gasteiger partial charge in [0.1, 0.15) is 12.2 Å². The number of rotatable bonds is 8. The third kappa shape index (κ3) is 6.73. The van der Waals surface area contributed by atoms with E-state index in [4.69, 9.17) is 5.11 Å². The van der Waals surface area contributed by atoms with Gasteiger partial charge in [0.2, 0.25) is 0 Å². The quantitative estimate of drug-likeness (QED) is 0.576. The van der Waals surface area contributed by atoms with Crippen LogP contribution in [0.1, 0.15) is 45.5 Å². The molecule has 1 aromatic rings. The van der Waals surface area contributed by atoms with Crippen molar-refractivity contribution in [1.82, 2.24) is 25.8 Å². The lowest BCUT2D eigenvalue weighted by molar-refractivity contribution is -0.138. The first-order valence-corrected chi connectivity index (χ1v) is 6.99. The Bertz CT molecular complexity index is 447. The van der Waals surface area contributed by atoms with E-state index in [1.165, 1.54) is 6.33 Å². The van der Waals surface area contributed by atoms with Crippen molar-refractivity contribution >= 4 is 12.0 Å². The van der Waals surface area contributed by atoms with Crippen molar-refractivity contribution in [2.75, 3.05) is 6.54 Å². The summed E-state index contributed by atoms with van der Waals surface area (Å²) in [4.78, 5) is 26.6. The number of nitrogens with one attached hydrogen (secondary N) is 3. The Morgan fingerprint density at radius 2 is 2.10 bits per heavy atom. The zero-order chi connectivity index (χ0) is 15.8. The Hall–Kier alpha value is -2.12. The number of carboxylic acid groups (broad SMARTS) is 1. The molecule has 2 amide bonds. The molecule has 118 valence electrons. The van der Waals surface area contributed by atoms with E-state index in [1.54, 1.807) is 6.92 Å². The van der Waals surface area contributed by atoms with Crippen LogP contribution in [-0.2, 0) is 4.79 Å². The summed E-state index contributed by atoms with van der Waals surface area (Å²) in [6.45, 7) is 6.17. The van der Waals surface area contributed by atoms with Crippen LogP contribution in [0, 0.1) is 11.8 Å². The molecular formula is C13H23N5O3. The van der Waals surface area contributed by atoms with Crippen molar-refractivity contribution < 1.29 is 14.7 Å². The van der Waals surface area contributed by atoms with Crippen molar-refractivity contribution in [1.29, 1.82) is 0 Å². The van der Waals surface area contributed by atoms with Gasteiger partial charge in [-0.05, 0) is 25.2 Å². The molecule has 0 radical (unpaired) electrons. The molecule has 0 bridgehead atoms. The molecule has 0 saturated carbocycles. The van der Waals surface area contributed by atoms with Crippen LogP contribution >= 0.6 is 0 Å². The highest BCUT2D eigenvalue weighted by atomic mass is 16.4. The summed E-state index contributed by atoms with van der Waals surface area (Å²) in [6.07, 6.45) is 2.18. The van der Waals surface area contributed by atoms with Crippen LogP contribution < -0.4 is 10.6 Å². The van der Waals surface area contributed by atoms with Crippen molar-refractivity contribution in [3.05, 3.63) is 12.2 Å².